The number of hydrogen-bond acceptors (Lipinski definition) is 2. The lowest BCUT2D eigenvalue weighted by molar-refractivity contribution is 0.869. The molecule has 0 saturated heterocycles. The minimum atomic E-state index is -0.0772. The lowest BCUT2D eigenvalue weighted by Crippen LogP contribution is -2.11. The van der Waals surface area contributed by atoms with E-state index in [-0.39, 0.29) is 6.04 Å². The van der Waals surface area contributed by atoms with Crippen LogP contribution in [0.2, 0.25) is 0 Å². The van der Waals surface area contributed by atoms with Gasteiger partial charge in [0.05, 0.1) is 8.93 Å². The zero-order chi connectivity index (χ0) is 11.7. The van der Waals surface area contributed by atoms with E-state index in [1.165, 1.54) is 2.88 Å². The van der Waals surface area contributed by atoms with Gasteiger partial charge in [0.1, 0.15) is 0 Å². The number of nitrogens with two attached hydrogens (primary N) is 1. The molecule has 0 radical (unpaired) electrons. The maximum absolute atomic E-state index is 6.25. The largest absolute Gasteiger partial charge is 0.320 e. The molecule has 1 heterocycles. The summed E-state index contributed by atoms with van der Waals surface area (Å²) in [6.07, 6.45) is 0. The molecule has 1 aromatic heterocycles. The molecule has 0 aliphatic carbocycles. The van der Waals surface area contributed by atoms with Crippen molar-refractivity contribution in [2.45, 2.75) is 6.04 Å². The summed E-state index contributed by atoms with van der Waals surface area (Å²) in [5, 5.41) is 2.11. The van der Waals surface area contributed by atoms with E-state index in [9.17, 15) is 0 Å². The molecule has 0 aliphatic rings. The molecule has 0 fully saturated rings. The molecule has 1 nitrogen and oxygen atoms in total. The first kappa shape index (κ1) is 13.0. The first-order valence-electron chi connectivity index (χ1n) is 4.52. The Bertz CT molecular complexity index is 512. The first-order valence-corrected chi connectivity index (χ1v) is 8.07. The fourth-order valence-electron chi connectivity index (χ4n) is 1.42. The highest BCUT2D eigenvalue weighted by Gasteiger charge is 2.13. The summed E-state index contributed by atoms with van der Waals surface area (Å²) < 4.78 is 3.35. The molecule has 16 heavy (non-hydrogen) atoms. The van der Waals surface area contributed by atoms with Crippen molar-refractivity contribution in [2.24, 2.45) is 5.73 Å². The van der Waals surface area contributed by atoms with Crippen LogP contribution in [0.4, 0.5) is 0 Å². The second-order valence-corrected chi connectivity index (χ2v) is 7.90. The van der Waals surface area contributed by atoms with Gasteiger partial charge in [0.15, 0.2) is 0 Å². The summed E-state index contributed by atoms with van der Waals surface area (Å²) >= 11 is 11.0. The molecule has 1 unspecified atom stereocenters. The van der Waals surface area contributed by atoms with E-state index < -0.39 is 0 Å². The standard InChI is InChI=1S/C11H8Br2INS/c12-7-1-2-9(13)8(4-7)11(15)6-3-10(14)16-5-6/h1-5,11H,15H2. The van der Waals surface area contributed by atoms with E-state index in [2.05, 4.69) is 72.0 Å². The van der Waals surface area contributed by atoms with Crippen molar-refractivity contribution in [3.8, 4) is 0 Å². The summed E-state index contributed by atoms with van der Waals surface area (Å²) in [6.45, 7) is 0. The normalized spacial score (nSPS) is 12.8. The molecular weight excluding hydrogens is 465 g/mol. The average Bonchev–Trinajstić information content (AvgIpc) is 2.67. The zero-order valence-corrected chi connectivity index (χ0v) is 14.2. The molecule has 84 valence electrons. The Morgan fingerprint density at radius 3 is 2.62 bits per heavy atom. The molecule has 0 amide bonds. The number of rotatable bonds is 2. The van der Waals surface area contributed by atoms with E-state index in [1.54, 1.807) is 11.3 Å². The summed E-state index contributed by atoms with van der Waals surface area (Å²) in [5.41, 5.74) is 8.51. The maximum Gasteiger partial charge on any atom is 0.0656 e. The molecule has 2 N–H and O–H groups in total. The summed E-state index contributed by atoms with van der Waals surface area (Å²) in [7, 11) is 0. The van der Waals surface area contributed by atoms with Crippen LogP contribution in [-0.4, -0.2) is 0 Å². The Hall–Kier alpha value is 0.570. The maximum atomic E-state index is 6.25. The van der Waals surface area contributed by atoms with E-state index in [0.29, 0.717) is 0 Å². The van der Waals surface area contributed by atoms with Crippen molar-refractivity contribution in [1.82, 2.24) is 0 Å². The second kappa shape index (κ2) is 5.48. The number of thiophene rings is 1. The van der Waals surface area contributed by atoms with Crippen LogP contribution in [0.25, 0.3) is 0 Å². The van der Waals surface area contributed by atoms with E-state index >= 15 is 0 Å². The van der Waals surface area contributed by atoms with Crippen molar-refractivity contribution in [1.29, 1.82) is 0 Å². The number of halogens is 3. The lowest BCUT2D eigenvalue weighted by atomic mass is 10.0. The third-order valence-corrected chi connectivity index (χ3v) is 5.26. The van der Waals surface area contributed by atoms with Gasteiger partial charge in [0.25, 0.3) is 0 Å². The van der Waals surface area contributed by atoms with Crippen molar-refractivity contribution in [3.63, 3.8) is 0 Å². The van der Waals surface area contributed by atoms with Gasteiger partial charge >= 0.3 is 0 Å². The predicted octanol–water partition coefficient (Wildman–Crippen LogP) is 4.93. The van der Waals surface area contributed by atoms with Gasteiger partial charge in [0, 0.05) is 8.95 Å². The minimum Gasteiger partial charge on any atom is -0.320 e. The summed E-state index contributed by atoms with van der Waals surface area (Å²) in [4.78, 5) is 0. The van der Waals surface area contributed by atoms with Gasteiger partial charge in [0.2, 0.25) is 0 Å². The predicted molar refractivity (Wildman–Crippen MR) is 84.9 cm³/mol. The molecular formula is C11H8Br2INS. The highest BCUT2D eigenvalue weighted by molar-refractivity contribution is 14.1. The summed E-state index contributed by atoms with van der Waals surface area (Å²) in [5.74, 6) is 0. The Balaban J connectivity index is 2.40. The van der Waals surface area contributed by atoms with Crippen LogP contribution in [0.5, 0.6) is 0 Å². The van der Waals surface area contributed by atoms with Gasteiger partial charge in [-0.2, -0.15) is 0 Å². The molecule has 2 aromatic rings. The Kier molecular flexibility index (Phi) is 4.45. The van der Waals surface area contributed by atoms with Crippen LogP contribution in [0.3, 0.4) is 0 Å². The van der Waals surface area contributed by atoms with Crippen molar-refractivity contribution in [2.75, 3.05) is 0 Å². The molecule has 0 aliphatic heterocycles. The Labute approximate surface area is 129 Å². The van der Waals surface area contributed by atoms with Crippen LogP contribution in [0.1, 0.15) is 17.2 Å². The Morgan fingerprint density at radius 2 is 2.00 bits per heavy atom. The second-order valence-electron chi connectivity index (χ2n) is 3.33. The molecule has 1 aromatic carbocycles. The quantitative estimate of drug-likeness (QED) is 0.616. The average molecular weight is 473 g/mol. The third-order valence-electron chi connectivity index (χ3n) is 2.24. The SMILES string of the molecule is NC(c1csc(I)c1)c1cc(Br)ccc1Br. The van der Waals surface area contributed by atoms with Crippen LogP contribution in [-0.2, 0) is 0 Å². The van der Waals surface area contributed by atoms with Gasteiger partial charge in [-0.25, -0.2) is 0 Å². The van der Waals surface area contributed by atoms with Gasteiger partial charge in [-0.15, -0.1) is 11.3 Å². The zero-order valence-electron chi connectivity index (χ0n) is 8.08. The lowest BCUT2D eigenvalue weighted by Gasteiger charge is -2.13. The van der Waals surface area contributed by atoms with Gasteiger partial charge < -0.3 is 5.73 Å². The number of benzene rings is 1. The molecule has 5 heteroatoms. The van der Waals surface area contributed by atoms with E-state index in [4.69, 9.17) is 5.73 Å². The highest BCUT2D eigenvalue weighted by atomic mass is 127. The monoisotopic (exact) mass is 471 g/mol. The fraction of sp³-hybridized carbons (Fsp3) is 0.0909. The first-order chi connectivity index (χ1) is 7.58. The van der Waals surface area contributed by atoms with Crippen LogP contribution in [0.15, 0.2) is 38.6 Å². The number of hydrogen-bond donors (Lipinski definition) is 1. The van der Waals surface area contributed by atoms with Gasteiger partial charge in [-0.1, -0.05) is 31.9 Å². The molecule has 0 saturated carbocycles. The van der Waals surface area contributed by atoms with Crippen LogP contribution in [0, 0.1) is 2.88 Å². The smallest absolute Gasteiger partial charge is 0.0656 e. The van der Waals surface area contributed by atoms with Crippen molar-refractivity contribution >= 4 is 65.8 Å². The molecule has 2 rings (SSSR count). The highest BCUT2D eigenvalue weighted by Crippen LogP contribution is 2.31. The van der Waals surface area contributed by atoms with Crippen LogP contribution >= 0.6 is 65.8 Å². The molecule has 1 atom stereocenters. The van der Waals surface area contributed by atoms with Crippen molar-refractivity contribution < 1.29 is 0 Å². The minimum absolute atomic E-state index is 0.0772. The van der Waals surface area contributed by atoms with E-state index in [1.807, 2.05) is 12.1 Å². The van der Waals surface area contributed by atoms with Crippen molar-refractivity contribution in [3.05, 3.63) is 52.6 Å². The molecule has 0 spiro atoms. The fourth-order valence-corrected chi connectivity index (χ4v) is 3.70. The molecule has 0 bridgehead atoms. The Morgan fingerprint density at radius 1 is 1.25 bits per heavy atom. The van der Waals surface area contributed by atoms with E-state index in [0.717, 1.165) is 20.1 Å². The summed E-state index contributed by atoms with van der Waals surface area (Å²) in [6, 6.07) is 8.11. The van der Waals surface area contributed by atoms with Gasteiger partial charge in [-0.05, 0) is 63.4 Å². The topological polar surface area (TPSA) is 26.0 Å². The van der Waals surface area contributed by atoms with Gasteiger partial charge in [-0.3, -0.25) is 0 Å². The van der Waals surface area contributed by atoms with Crippen LogP contribution < -0.4 is 5.73 Å². The third kappa shape index (κ3) is 2.87.